The van der Waals surface area contributed by atoms with E-state index in [0.717, 1.165) is 43.0 Å². The minimum atomic E-state index is -0.0526. The van der Waals surface area contributed by atoms with E-state index in [0.29, 0.717) is 17.2 Å². The highest BCUT2D eigenvalue weighted by atomic mass is 16.5. The number of amides is 1. The predicted molar refractivity (Wildman–Crippen MR) is 125 cm³/mol. The SMILES string of the molecule is COc1cc(NC(=O)C2CCN(c3ccc(-c4ccc(C)cc4)nn3)CC2)cc(OC)c1. The Morgan fingerprint density at radius 1 is 0.938 bits per heavy atom. The number of piperidine rings is 1. The predicted octanol–water partition coefficient (Wildman–Crippen LogP) is 4.32. The molecular weight excluding hydrogens is 404 g/mol. The first-order valence-corrected chi connectivity index (χ1v) is 10.8. The maximum Gasteiger partial charge on any atom is 0.227 e. The van der Waals surface area contributed by atoms with Gasteiger partial charge >= 0.3 is 0 Å². The van der Waals surface area contributed by atoms with Gasteiger partial charge in [0.2, 0.25) is 5.91 Å². The monoisotopic (exact) mass is 432 g/mol. The number of nitrogens with zero attached hydrogens (tertiary/aromatic N) is 3. The van der Waals surface area contributed by atoms with Crippen molar-refractivity contribution >= 4 is 17.4 Å². The van der Waals surface area contributed by atoms with Gasteiger partial charge in [-0.05, 0) is 31.9 Å². The van der Waals surface area contributed by atoms with Crippen molar-refractivity contribution in [2.75, 3.05) is 37.5 Å². The Hall–Kier alpha value is -3.61. The highest BCUT2D eigenvalue weighted by Crippen LogP contribution is 2.28. The summed E-state index contributed by atoms with van der Waals surface area (Å²) in [6, 6.07) is 17.6. The molecule has 4 rings (SSSR count). The van der Waals surface area contributed by atoms with E-state index in [1.807, 2.05) is 12.1 Å². The van der Waals surface area contributed by atoms with Crippen molar-refractivity contribution in [3.8, 4) is 22.8 Å². The largest absolute Gasteiger partial charge is 0.497 e. The minimum absolute atomic E-state index is 0.0146. The Morgan fingerprint density at radius 2 is 1.59 bits per heavy atom. The molecule has 1 fully saturated rings. The second-order valence-electron chi connectivity index (χ2n) is 7.99. The topological polar surface area (TPSA) is 76.6 Å². The molecule has 2 aromatic carbocycles. The van der Waals surface area contributed by atoms with Crippen molar-refractivity contribution < 1.29 is 14.3 Å². The van der Waals surface area contributed by atoms with Gasteiger partial charge in [0.15, 0.2) is 5.82 Å². The van der Waals surface area contributed by atoms with Gasteiger partial charge in [-0.3, -0.25) is 4.79 Å². The second kappa shape index (κ2) is 9.68. The smallest absolute Gasteiger partial charge is 0.227 e. The second-order valence-corrected chi connectivity index (χ2v) is 7.99. The number of nitrogens with one attached hydrogen (secondary N) is 1. The third-order valence-electron chi connectivity index (χ3n) is 5.81. The molecule has 0 spiro atoms. The van der Waals surface area contributed by atoms with Crippen molar-refractivity contribution in [1.82, 2.24) is 10.2 Å². The Kier molecular flexibility index (Phi) is 6.54. The lowest BCUT2D eigenvalue weighted by Crippen LogP contribution is -2.38. The molecule has 0 unspecified atom stereocenters. The molecule has 7 heteroatoms. The summed E-state index contributed by atoms with van der Waals surface area (Å²) in [5.41, 5.74) is 3.80. The van der Waals surface area contributed by atoms with Gasteiger partial charge in [-0.25, -0.2) is 0 Å². The molecule has 0 atom stereocenters. The summed E-state index contributed by atoms with van der Waals surface area (Å²) in [5.74, 6) is 2.09. The van der Waals surface area contributed by atoms with Crippen LogP contribution in [0.1, 0.15) is 18.4 Å². The molecular formula is C25H28N4O3. The number of rotatable bonds is 6. The summed E-state index contributed by atoms with van der Waals surface area (Å²) in [6.45, 7) is 3.59. The first-order valence-electron chi connectivity index (χ1n) is 10.8. The van der Waals surface area contributed by atoms with Gasteiger partial charge in [-0.1, -0.05) is 29.8 Å². The number of carbonyl (C=O) groups excluding carboxylic acids is 1. The number of hydrogen-bond donors (Lipinski definition) is 1. The van der Waals surface area contributed by atoms with Crippen LogP contribution >= 0.6 is 0 Å². The Bertz CT molecular complexity index is 1040. The van der Waals surface area contributed by atoms with E-state index in [9.17, 15) is 4.79 Å². The number of ether oxygens (including phenoxy) is 2. The molecule has 0 bridgehead atoms. The van der Waals surface area contributed by atoms with Crippen LogP contribution < -0.4 is 19.7 Å². The normalized spacial score (nSPS) is 14.2. The van der Waals surface area contributed by atoms with E-state index < -0.39 is 0 Å². The number of anilines is 2. The number of aryl methyl sites for hydroxylation is 1. The highest BCUT2D eigenvalue weighted by molar-refractivity contribution is 5.93. The molecule has 1 amide bonds. The number of aromatic nitrogens is 2. The average Bonchev–Trinajstić information content (AvgIpc) is 2.84. The molecule has 0 radical (unpaired) electrons. The van der Waals surface area contributed by atoms with Crippen molar-refractivity contribution in [1.29, 1.82) is 0 Å². The van der Waals surface area contributed by atoms with E-state index >= 15 is 0 Å². The van der Waals surface area contributed by atoms with Crippen LogP contribution in [0.4, 0.5) is 11.5 Å². The Labute approximate surface area is 188 Å². The molecule has 1 aromatic heterocycles. The van der Waals surface area contributed by atoms with Crippen LogP contribution in [0.25, 0.3) is 11.3 Å². The maximum absolute atomic E-state index is 12.8. The van der Waals surface area contributed by atoms with Gasteiger partial charge in [-0.15, -0.1) is 10.2 Å². The van der Waals surface area contributed by atoms with Gasteiger partial charge in [0.25, 0.3) is 0 Å². The van der Waals surface area contributed by atoms with Crippen LogP contribution in [-0.4, -0.2) is 43.4 Å². The van der Waals surface area contributed by atoms with E-state index in [2.05, 4.69) is 51.6 Å². The minimum Gasteiger partial charge on any atom is -0.497 e. The lowest BCUT2D eigenvalue weighted by molar-refractivity contribution is -0.120. The fourth-order valence-electron chi connectivity index (χ4n) is 3.87. The van der Waals surface area contributed by atoms with Gasteiger partial charge in [0, 0.05) is 48.5 Å². The molecule has 2 heterocycles. The number of methoxy groups -OCH3 is 2. The third kappa shape index (κ3) is 4.99. The molecule has 1 saturated heterocycles. The molecule has 7 nitrogen and oxygen atoms in total. The fraction of sp³-hybridized carbons (Fsp3) is 0.320. The zero-order valence-corrected chi connectivity index (χ0v) is 18.7. The quantitative estimate of drug-likeness (QED) is 0.625. The molecule has 166 valence electrons. The summed E-state index contributed by atoms with van der Waals surface area (Å²) < 4.78 is 10.6. The summed E-state index contributed by atoms with van der Waals surface area (Å²) in [6.07, 6.45) is 1.52. The van der Waals surface area contributed by atoms with Gasteiger partial charge in [-0.2, -0.15) is 0 Å². The van der Waals surface area contributed by atoms with Crippen molar-refractivity contribution in [2.45, 2.75) is 19.8 Å². The van der Waals surface area contributed by atoms with E-state index in [4.69, 9.17) is 9.47 Å². The molecule has 0 saturated carbocycles. The first-order chi connectivity index (χ1) is 15.6. The molecule has 1 aliphatic rings. The van der Waals surface area contributed by atoms with Gasteiger partial charge in [0.05, 0.1) is 19.9 Å². The average molecular weight is 433 g/mol. The zero-order valence-electron chi connectivity index (χ0n) is 18.7. The summed E-state index contributed by atoms with van der Waals surface area (Å²) >= 11 is 0. The van der Waals surface area contributed by atoms with Crippen molar-refractivity contribution in [3.05, 3.63) is 60.2 Å². The standard InChI is InChI=1S/C25H28N4O3/c1-17-4-6-18(7-5-17)23-8-9-24(28-27-23)29-12-10-19(11-13-29)25(30)26-20-14-21(31-2)16-22(15-20)32-3/h4-9,14-16,19H,10-13H2,1-3H3,(H,26,30). The summed E-state index contributed by atoms with van der Waals surface area (Å²) in [4.78, 5) is 15.0. The molecule has 0 aliphatic carbocycles. The zero-order chi connectivity index (χ0) is 22.5. The van der Waals surface area contributed by atoms with Crippen LogP contribution in [-0.2, 0) is 4.79 Å². The number of benzene rings is 2. The van der Waals surface area contributed by atoms with E-state index in [-0.39, 0.29) is 11.8 Å². The van der Waals surface area contributed by atoms with Crippen molar-refractivity contribution in [3.63, 3.8) is 0 Å². The Balaban J connectivity index is 1.34. The number of hydrogen-bond acceptors (Lipinski definition) is 6. The molecule has 3 aromatic rings. The van der Waals surface area contributed by atoms with Gasteiger partial charge in [0.1, 0.15) is 11.5 Å². The first kappa shape index (κ1) is 21.6. The molecule has 1 aliphatic heterocycles. The summed E-state index contributed by atoms with van der Waals surface area (Å²) in [7, 11) is 3.18. The summed E-state index contributed by atoms with van der Waals surface area (Å²) in [5, 5.41) is 11.8. The Morgan fingerprint density at radius 3 is 2.16 bits per heavy atom. The lowest BCUT2D eigenvalue weighted by Gasteiger charge is -2.31. The van der Waals surface area contributed by atoms with Crippen molar-refractivity contribution in [2.24, 2.45) is 5.92 Å². The van der Waals surface area contributed by atoms with Crippen LogP contribution in [0.3, 0.4) is 0 Å². The van der Waals surface area contributed by atoms with E-state index in [1.54, 1.807) is 32.4 Å². The van der Waals surface area contributed by atoms with Crippen LogP contribution in [0.2, 0.25) is 0 Å². The van der Waals surface area contributed by atoms with Crippen LogP contribution in [0.15, 0.2) is 54.6 Å². The van der Waals surface area contributed by atoms with Crippen LogP contribution in [0.5, 0.6) is 11.5 Å². The maximum atomic E-state index is 12.8. The lowest BCUT2D eigenvalue weighted by atomic mass is 9.95. The third-order valence-corrected chi connectivity index (χ3v) is 5.81. The molecule has 1 N–H and O–H groups in total. The fourth-order valence-corrected chi connectivity index (χ4v) is 3.87. The highest BCUT2D eigenvalue weighted by Gasteiger charge is 2.26. The van der Waals surface area contributed by atoms with E-state index in [1.165, 1.54) is 5.56 Å². The number of carbonyl (C=O) groups is 1. The van der Waals surface area contributed by atoms with Gasteiger partial charge < -0.3 is 19.7 Å². The molecule has 32 heavy (non-hydrogen) atoms. The van der Waals surface area contributed by atoms with Crippen LogP contribution in [0, 0.1) is 12.8 Å².